The largest absolute Gasteiger partial charge is 0.264 e. The summed E-state index contributed by atoms with van der Waals surface area (Å²) in [5.74, 6) is 0. The van der Waals surface area contributed by atoms with E-state index in [-0.39, 0.29) is 0 Å². The molecular formula is C32H20N2S. The average molecular weight is 465 g/mol. The van der Waals surface area contributed by atoms with Crippen LogP contribution in [0.15, 0.2) is 132 Å². The zero-order valence-electron chi connectivity index (χ0n) is 18.8. The molecule has 35 heavy (non-hydrogen) atoms. The normalized spacial score (nSPS) is 11.5. The lowest BCUT2D eigenvalue weighted by atomic mass is 9.90. The van der Waals surface area contributed by atoms with Gasteiger partial charge in [0.05, 0.1) is 5.52 Å². The van der Waals surface area contributed by atoms with E-state index in [0.29, 0.717) is 0 Å². The lowest BCUT2D eigenvalue weighted by Gasteiger charge is -2.18. The Morgan fingerprint density at radius 1 is 0.543 bits per heavy atom. The number of rotatable bonds is 3. The van der Waals surface area contributed by atoms with Crippen molar-refractivity contribution in [2.24, 2.45) is 0 Å². The molecule has 7 aromatic rings. The van der Waals surface area contributed by atoms with Gasteiger partial charge in [-0.3, -0.25) is 9.97 Å². The molecular weight excluding hydrogens is 444 g/mol. The van der Waals surface area contributed by atoms with E-state index in [1.54, 1.807) is 11.8 Å². The van der Waals surface area contributed by atoms with Gasteiger partial charge in [-0.1, -0.05) is 90.6 Å². The third kappa shape index (κ3) is 3.36. The molecule has 0 unspecified atom stereocenters. The van der Waals surface area contributed by atoms with Crippen LogP contribution < -0.4 is 0 Å². The van der Waals surface area contributed by atoms with Crippen molar-refractivity contribution in [3.8, 4) is 11.1 Å². The van der Waals surface area contributed by atoms with Gasteiger partial charge in [-0.2, -0.15) is 0 Å². The van der Waals surface area contributed by atoms with Crippen molar-refractivity contribution in [2.75, 3.05) is 0 Å². The number of pyridine rings is 2. The lowest BCUT2D eigenvalue weighted by molar-refractivity contribution is 1.35. The van der Waals surface area contributed by atoms with Crippen molar-refractivity contribution in [3.63, 3.8) is 0 Å². The van der Waals surface area contributed by atoms with Crippen molar-refractivity contribution in [3.05, 3.63) is 122 Å². The van der Waals surface area contributed by atoms with Gasteiger partial charge in [-0.05, 0) is 62.3 Å². The Labute approximate surface area is 207 Å². The first-order valence-electron chi connectivity index (χ1n) is 11.7. The molecule has 3 heteroatoms. The van der Waals surface area contributed by atoms with Gasteiger partial charge >= 0.3 is 0 Å². The van der Waals surface area contributed by atoms with Crippen LogP contribution in [-0.2, 0) is 0 Å². The van der Waals surface area contributed by atoms with Gasteiger partial charge in [0.25, 0.3) is 0 Å². The minimum atomic E-state index is 1.01. The first kappa shape index (κ1) is 20.2. The number of hydrogen-bond acceptors (Lipinski definition) is 3. The van der Waals surface area contributed by atoms with Crippen molar-refractivity contribution in [2.45, 2.75) is 9.79 Å². The van der Waals surface area contributed by atoms with Crippen molar-refractivity contribution in [1.82, 2.24) is 9.97 Å². The number of fused-ring (bicyclic) bond motifs is 4. The minimum Gasteiger partial charge on any atom is -0.264 e. The minimum absolute atomic E-state index is 1.01. The quantitative estimate of drug-likeness (QED) is 0.244. The number of aromatic nitrogens is 2. The first-order chi connectivity index (χ1) is 17.4. The Morgan fingerprint density at radius 2 is 1.31 bits per heavy atom. The van der Waals surface area contributed by atoms with Crippen LogP contribution in [0.25, 0.3) is 54.3 Å². The molecule has 0 radical (unpaired) electrons. The summed E-state index contributed by atoms with van der Waals surface area (Å²) >= 11 is 1.80. The van der Waals surface area contributed by atoms with Gasteiger partial charge < -0.3 is 0 Å². The number of benzene rings is 5. The second-order valence-electron chi connectivity index (χ2n) is 8.66. The van der Waals surface area contributed by atoms with E-state index in [9.17, 15) is 0 Å². The molecule has 2 heterocycles. The van der Waals surface area contributed by atoms with Gasteiger partial charge in [-0.15, -0.1) is 0 Å². The molecule has 2 nitrogen and oxygen atoms in total. The topological polar surface area (TPSA) is 25.8 Å². The smallest absolute Gasteiger partial charge is 0.0713 e. The van der Waals surface area contributed by atoms with E-state index in [0.717, 1.165) is 10.9 Å². The molecule has 0 fully saturated rings. The summed E-state index contributed by atoms with van der Waals surface area (Å²) in [5.41, 5.74) is 3.49. The Balaban J connectivity index is 1.54. The second-order valence-corrected chi connectivity index (χ2v) is 9.74. The van der Waals surface area contributed by atoms with Crippen molar-refractivity contribution >= 4 is 55.0 Å². The van der Waals surface area contributed by atoms with E-state index in [2.05, 4.69) is 107 Å². The highest BCUT2D eigenvalue weighted by Crippen LogP contribution is 2.46. The summed E-state index contributed by atoms with van der Waals surface area (Å²) < 4.78 is 0. The summed E-state index contributed by atoms with van der Waals surface area (Å²) in [6, 6.07) is 36.7. The summed E-state index contributed by atoms with van der Waals surface area (Å²) in [4.78, 5) is 11.5. The third-order valence-electron chi connectivity index (χ3n) is 6.63. The molecule has 0 aliphatic rings. The SMILES string of the molecule is c1cnc2cc(Sc3c4ccccc4c(-c4cccc5ccccc45)c4cnccc34)ccc2c1. The molecule has 0 atom stereocenters. The van der Waals surface area contributed by atoms with E-state index in [1.165, 1.54) is 53.2 Å². The van der Waals surface area contributed by atoms with Crippen LogP contribution in [-0.4, -0.2) is 9.97 Å². The third-order valence-corrected chi connectivity index (χ3v) is 7.77. The van der Waals surface area contributed by atoms with Crippen LogP contribution in [0.4, 0.5) is 0 Å². The molecule has 2 aromatic heterocycles. The molecule has 164 valence electrons. The Kier molecular flexibility index (Phi) is 4.74. The lowest BCUT2D eigenvalue weighted by Crippen LogP contribution is -1.91. The zero-order chi connectivity index (χ0) is 23.2. The predicted molar refractivity (Wildman–Crippen MR) is 148 cm³/mol. The van der Waals surface area contributed by atoms with Gasteiger partial charge in [-0.25, -0.2) is 0 Å². The molecule has 7 rings (SSSR count). The number of hydrogen-bond donors (Lipinski definition) is 0. The summed E-state index contributed by atoms with van der Waals surface area (Å²) in [6.07, 6.45) is 5.77. The van der Waals surface area contributed by atoms with E-state index in [1.807, 2.05) is 24.7 Å². The van der Waals surface area contributed by atoms with Crippen LogP contribution in [0, 0.1) is 0 Å². The van der Waals surface area contributed by atoms with Gasteiger partial charge in [0.1, 0.15) is 0 Å². The maximum atomic E-state index is 4.57. The van der Waals surface area contributed by atoms with Gasteiger partial charge in [0.2, 0.25) is 0 Å². The molecule has 0 saturated carbocycles. The van der Waals surface area contributed by atoms with Gasteiger partial charge in [0, 0.05) is 39.2 Å². The average Bonchev–Trinajstić information content (AvgIpc) is 2.93. The Morgan fingerprint density at radius 3 is 2.26 bits per heavy atom. The van der Waals surface area contributed by atoms with Crippen molar-refractivity contribution < 1.29 is 0 Å². The highest BCUT2D eigenvalue weighted by molar-refractivity contribution is 7.99. The fraction of sp³-hybridized carbons (Fsp3) is 0. The first-order valence-corrected chi connectivity index (χ1v) is 12.5. The zero-order valence-corrected chi connectivity index (χ0v) is 19.7. The highest BCUT2D eigenvalue weighted by Gasteiger charge is 2.17. The van der Waals surface area contributed by atoms with Crippen LogP contribution in [0.5, 0.6) is 0 Å². The highest BCUT2D eigenvalue weighted by atomic mass is 32.2. The maximum Gasteiger partial charge on any atom is 0.0713 e. The van der Waals surface area contributed by atoms with Crippen LogP contribution in [0.1, 0.15) is 0 Å². The molecule has 0 N–H and O–H groups in total. The second kappa shape index (κ2) is 8.23. The maximum absolute atomic E-state index is 4.57. The van der Waals surface area contributed by atoms with Crippen LogP contribution in [0.2, 0.25) is 0 Å². The van der Waals surface area contributed by atoms with Crippen molar-refractivity contribution in [1.29, 1.82) is 0 Å². The molecule has 5 aromatic carbocycles. The molecule has 0 spiro atoms. The van der Waals surface area contributed by atoms with E-state index in [4.69, 9.17) is 0 Å². The predicted octanol–water partition coefficient (Wildman–Crippen LogP) is 8.91. The molecule has 0 saturated heterocycles. The van der Waals surface area contributed by atoms with E-state index >= 15 is 0 Å². The number of nitrogens with zero attached hydrogens (tertiary/aromatic N) is 2. The summed E-state index contributed by atoms with van der Waals surface area (Å²) in [7, 11) is 0. The molecule has 0 aliphatic heterocycles. The molecule has 0 bridgehead atoms. The monoisotopic (exact) mass is 464 g/mol. The van der Waals surface area contributed by atoms with Gasteiger partial charge in [0.15, 0.2) is 0 Å². The van der Waals surface area contributed by atoms with Crippen LogP contribution >= 0.6 is 11.8 Å². The Bertz CT molecular complexity index is 1830. The molecule has 0 amide bonds. The fourth-order valence-electron chi connectivity index (χ4n) is 5.05. The molecule has 0 aliphatic carbocycles. The summed E-state index contributed by atoms with van der Waals surface area (Å²) in [5, 5.41) is 8.53. The standard InChI is InChI=1S/C32H20N2S/c1-2-10-24-21(7-1)8-5-13-25(24)31-26-11-3-4-12-27(26)32(28-16-18-33-20-29(28)31)35-23-15-14-22-9-6-17-34-30(22)19-23/h1-20H. The summed E-state index contributed by atoms with van der Waals surface area (Å²) in [6.45, 7) is 0. The van der Waals surface area contributed by atoms with Crippen LogP contribution in [0.3, 0.4) is 0 Å². The van der Waals surface area contributed by atoms with E-state index < -0.39 is 0 Å². The Hall–Kier alpha value is -4.21. The fourth-order valence-corrected chi connectivity index (χ4v) is 6.17.